The Morgan fingerprint density at radius 2 is 2.19 bits per heavy atom. The molecule has 9 nitrogen and oxygen atoms in total. The number of fused-ring (bicyclic) bond motifs is 1. The molecule has 2 aliphatic rings. The Balaban J connectivity index is 1.52. The molecule has 5 rings (SSSR count). The maximum absolute atomic E-state index is 14.4. The van der Waals surface area contributed by atoms with E-state index in [0.717, 1.165) is 12.1 Å². The zero-order valence-corrected chi connectivity index (χ0v) is 20.7. The number of likely N-dealkylation sites (tertiary alicyclic amines) is 1. The molecule has 2 atom stereocenters. The zero-order valence-electron chi connectivity index (χ0n) is 20.7. The van der Waals surface area contributed by atoms with Gasteiger partial charge in [0.2, 0.25) is 5.91 Å². The minimum absolute atomic E-state index is 0.0634. The molecule has 0 aliphatic carbocycles. The van der Waals surface area contributed by atoms with Gasteiger partial charge in [0.1, 0.15) is 12.4 Å². The number of carbonyl (C=O) groups excluding carboxylic acids is 2. The highest BCUT2D eigenvalue weighted by Gasteiger charge is 2.38. The second-order valence-electron chi connectivity index (χ2n) is 9.03. The number of hydrogen-bond donors (Lipinski definition) is 2. The first kappa shape index (κ1) is 24.4. The van der Waals surface area contributed by atoms with Gasteiger partial charge < -0.3 is 19.7 Å². The van der Waals surface area contributed by atoms with Crippen molar-refractivity contribution in [1.82, 2.24) is 19.9 Å². The van der Waals surface area contributed by atoms with Crippen LogP contribution in [0.15, 0.2) is 55.4 Å². The van der Waals surface area contributed by atoms with Crippen LogP contribution in [0.5, 0.6) is 11.5 Å². The molecular formula is C27H28FN5O4. The van der Waals surface area contributed by atoms with E-state index in [1.807, 2.05) is 6.92 Å². The Labute approximate surface area is 213 Å². The van der Waals surface area contributed by atoms with Crippen molar-refractivity contribution in [1.29, 1.82) is 0 Å². The van der Waals surface area contributed by atoms with Crippen molar-refractivity contribution in [3.63, 3.8) is 0 Å². The van der Waals surface area contributed by atoms with Crippen LogP contribution in [-0.2, 0) is 11.2 Å². The lowest BCUT2D eigenvalue weighted by molar-refractivity contribution is -0.139. The van der Waals surface area contributed by atoms with Crippen molar-refractivity contribution in [2.24, 2.45) is 0 Å². The van der Waals surface area contributed by atoms with E-state index in [0.29, 0.717) is 41.2 Å². The number of aromatic nitrogens is 2. The van der Waals surface area contributed by atoms with Gasteiger partial charge in [-0.2, -0.15) is 0 Å². The number of para-hydroxylation sites is 1. The summed E-state index contributed by atoms with van der Waals surface area (Å²) in [5, 5.41) is 2.87. The van der Waals surface area contributed by atoms with Gasteiger partial charge in [-0.25, -0.2) is 4.39 Å². The topological polar surface area (TPSA) is 97.7 Å². The van der Waals surface area contributed by atoms with Gasteiger partial charge in [0.05, 0.1) is 42.0 Å². The lowest BCUT2D eigenvalue weighted by Crippen LogP contribution is -2.59. The first-order valence-electron chi connectivity index (χ1n) is 12.1. The number of anilines is 1. The molecule has 2 N–H and O–H groups in total. The Morgan fingerprint density at radius 1 is 1.35 bits per heavy atom. The van der Waals surface area contributed by atoms with Crippen molar-refractivity contribution in [3.05, 3.63) is 72.5 Å². The van der Waals surface area contributed by atoms with Gasteiger partial charge in [0.15, 0.2) is 11.6 Å². The standard InChI is InChI=1S/C27H28FN5O4/c1-4-25(34)32-16(2)12-17(32)15-37-24-14-29-10-8-18(24)23-13-19-22(9-11-30-27(19)35)33(23)31-21-7-5-6-20(28)26(21)36-3/h4-8,10,13-14,16-17,31H,1,9,11-12,15H2,2-3H3,(H,30,35)/t16-,17-/m1/s1. The number of carbonyl (C=O) groups is 2. The molecule has 2 aliphatic heterocycles. The van der Waals surface area contributed by atoms with Crippen LogP contribution in [0.2, 0.25) is 0 Å². The van der Waals surface area contributed by atoms with Gasteiger partial charge in [0, 0.05) is 30.8 Å². The van der Waals surface area contributed by atoms with E-state index in [-0.39, 0.29) is 36.3 Å². The first-order chi connectivity index (χ1) is 17.9. The molecule has 2 aromatic heterocycles. The number of nitrogens with zero attached hydrogens (tertiary/aromatic N) is 3. The van der Waals surface area contributed by atoms with Gasteiger partial charge in [-0.1, -0.05) is 12.6 Å². The summed E-state index contributed by atoms with van der Waals surface area (Å²) in [5.41, 5.74) is 6.25. The molecule has 37 heavy (non-hydrogen) atoms. The van der Waals surface area contributed by atoms with E-state index >= 15 is 0 Å². The predicted octanol–water partition coefficient (Wildman–Crippen LogP) is 3.41. The quantitative estimate of drug-likeness (QED) is 0.456. The molecule has 1 saturated heterocycles. The molecule has 0 spiro atoms. The van der Waals surface area contributed by atoms with Crippen LogP contribution in [0.1, 0.15) is 29.4 Å². The zero-order chi connectivity index (χ0) is 26.1. The molecule has 0 saturated carbocycles. The lowest BCUT2D eigenvalue weighted by Gasteiger charge is -2.46. The number of hydrogen-bond acceptors (Lipinski definition) is 6. The normalized spacial score (nSPS) is 18.4. The van der Waals surface area contributed by atoms with E-state index in [1.165, 1.54) is 19.3 Å². The fourth-order valence-electron chi connectivity index (χ4n) is 5.02. The number of amides is 2. The monoisotopic (exact) mass is 505 g/mol. The number of benzene rings is 1. The summed E-state index contributed by atoms with van der Waals surface area (Å²) < 4.78 is 27.7. The van der Waals surface area contributed by atoms with Gasteiger partial charge in [-0.3, -0.25) is 24.7 Å². The molecule has 0 unspecified atom stereocenters. The third-order valence-corrected chi connectivity index (χ3v) is 6.80. The van der Waals surface area contributed by atoms with Crippen LogP contribution in [0.4, 0.5) is 10.1 Å². The van der Waals surface area contributed by atoms with Crippen molar-refractivity contribution >= 4 is 17.5 Å². The Bertz CT molecular complexity index is 1370. The molecule has 192 valence electrons. The summed E-state index contributed by atoms with van der Waals surface area (Å²) >= 11 is 0. The van der Waals surface area contributed by atoms with Crippen molar-refractivity contribution in [2.45, 2.75) is 31.8 Å². The molecule has 2 amide bonds. The Kier molecular flexibility index (Phi) is 6.56. The number of nitrogens with one attached hydrogen (secondary N) is 2. The predicted molar refractivity (Wildman–Crippen MR) is 136 cm³/mol. The SMILES string of the molecule is C=CC(=O)N1[C@@H](COc2cnccc2-c2cc3c(n2Nc2cccc(F)c2OC)CCNC3=O)C[C@H]1C. The minimum atomic E-state index is -0.505. The number of ether oxygens (including phenoxy) is 2. The van der Waals surface area contributed by atoms with Crippen LogP contribution in [0.3, 0.4) is 0 Å². The highest BCUT2D eigenvalue weighted by atomic mass is 19.1. The summed E-state index contributed by atoms with van der Waals surface area (Å²) in [7, 11) is 1.40. The lowest BCUT2D eigenvalue weighted by atomic mass is 9.94. The maximum atomic E-state index is 14.4. The van der Waals surface area contributed by atoms with Crippen LogP contribution in [-0.4, -0.2) is 58.7 Å². The second kappa shape index (κ2) is 9.96. The Morgan fingerprint density at radius 3 is 2.95 bits per heavy atom. The second-order valence-corrected chi connectivity index (χ2v) is 9.03. The smallest absolute Gasteiger partial charge is 0.253 e. The molecule has 0 radical (unpaired) electrons. The molecule has 4 heterocycles. The molecule has 3 aromatic rings. The molecule has 10 heteroatoms. The van der Waals surface area contributed by atoms with E-state index in [1.54, 1.807) is 46.2 Å². The minimum Gasteiger partial charge on any atom is -0.492 e. The van der Waals surface area contributed by atoms with Crippen molar-refractivity contribution < 1.29 is 23.5 Å². The van der Waals surface area contributed by atoms with Crippen molar-refractivity contribution in [2.75, 3.05) is 25.7 Å². The van der Waals surface area contributed by atoms with E-state index < -0.39 is 5.82 Å². The van der Waals surface area contributed by atoms with E-state index in [4.69, 9.17) is 9.47 Å². The van der Waals surface area contributed by atoms with E-state index in [9.17, 15) is 14.0 Å². The van der Waals surface area contributed by atoms with Crippen LogP contribution in [0, 0.1) is 5.82 Å². The third-order valence-electron chi connectivity index (χ3n) is 6.80. The molecular weight excluding hydrogens is 477 g/mol. The maximum Gasteiger partial charge on any atom is 0.253 e. The average Bonchev–Trinajstić information content (AvgIpc) is 3.26. The summed E-state index contributed by atoms with van der Waals surface area (Å²) in [6, 6.07) is 8.23. The highest BCUT2D eigenvalue weighted by Crippen LogP contribution is 2.36. The van der Waals surface area contributed by atoms with E-state index in [2.05, 4.69) is 22.3 Å². The van der Waals surface area contributed by atoms with Gasteiger partial charge in [-0.05, 0) is 43.7 Å². The number of rotatable bonds is 8. The van der Waals surface area contributed by atoms with Crippen LogP contribution < -0.4 is 20.2 Å². The average molecular weight is 506 g/mol. The van der Waals surface area contributed by atoms with Crippen LogP contribution in [0.25, 0.3) is 11.3 Å². The highest BCUT2D eigenvalue weighted by molar-refractivity contribution is 5.98. The summed E-state index contributed by atoms with van der Waals surface area (Å²) in [6.07, 6.45) is 5.95. The summed E-state index contributed by atoms with van der Waals surface area (Å²) in [6.45, 7) is 6.34. The Hall–Kier alpha value is -4.34. The fourth-order valence-corrected chi connectivity index (χ4v) is 5.02. The van der Waals surface area contributed by atoms with Gasteiger partial charge >= 0.3 is 0 Å². The fraction of sp³-hybridized carbons (Fsp3) is 0.296. The third kappa shape index (κ3) is 4.39. The largest absolute Gasteiger partial charge is 0.492 e. The molecule has 1 fully saturated rings. The van der Waals surface area contributed by atoms with Gasteiger partial charge in [0.25, 0.3) is 5.91 Å². The molecule has 1 aromatic carbocycles. The number of pyridine rings is 1. The first-order valence-corrected chi connectivity index (χ1v) is 12.1. The van der Waals surface area contributed by atoms with Gasteiger partial charge in [-0.15, -0.1) is 0 Å². The summed E-state index contributed by atoms with van der Waals surface area (Å²) in [4.78, 5) is 30.9. The van der Waals surface area contributed by atoms with Crippen molar-refractivity contribution in [3.8, 4) is 22.8 Å². The summed E-state index contributed by atoms with van der Waals surface area (Å²) in [5.74, 6) is -0.257. The number of halogens is 1. The number of methoxy groups -OCH3 is 1. The molecule has 0 bridgehead atoms. The van der Waals surface area contributed by atoms with Crippen LogP contribution >= 0.6 is 0 Å².